The minimum Gasteiger partial charge on any atom is -0.454 e. The molecule has 1 amide bonds. The van der Waals surface area contributed by atoms with Crippen molar-refractivity contribution >= 4 is 38.7 Å². The number of aromatic nitrogens is 1. The smallest absolute Gasteiger partial charge is 0.252 e. The fraction of sp³-hybridized carbons (Fsp3) is 0.333. The lowest BCUT2D eigenvalue weighted by Crippen LogP contribution is -2.39. The van der Waals surface area contributed by atoms with Crippen LogP contribution in [0.25, 0.3) is 16.3 Å². The van der Waals surface area contributed by atoms with Crippen LogP contribution in [0.4, 0.5) is 9.52 Å². The standard InChI is InChI=1S/C24H24FN3O4S/c25-18-3-1-4-21-23(18)26-24(33-21)28(10-2-9-27-11-13-30-14-12-27)22(29)8-6-17-5-7-19-20(15-17)32-16-31-19/h1,3-8,15H,2,9-14,16H2/b8-6+. The van der Waals surface area contributed by atoms with Gasteiger partial charge in [-0.2, -0.15) is 0 Å². The summed E-state index contributed by atoms with van der Waals surface area (Å²) in [5, 5.41) is 0.498. The number of hydrogen-bond donors (Lipinski definition) is 0. The normalized spacial score (nSPS) is 16.0. The van der Waals surface area contributed by atoms with E-state index in [2.05, 4.69) is 9.88 Å². The van der Waals surface area contributed by atoms with E-state index in [0.717, 1.165) is 49.5 Å². The Hall–Kier alpha value is -3.01. The molecule has 0 N–H and O–H groups in total. The average molecular weight is 470 g/mol. The number of amides is 1. The van der Waals surface area contributed by atoms with Crippen molar-refractivity contribution in [3.05, 3.63) is 53.9 Å². The molecule has 0 saturated carbocycles. The van der Waals surface area contributed by atoms with E-state index in [0.29, 0.717) is 28.7 Å². The maximum atomic E-state index is 14.2. The van der Waals surface area contributed by atoms with Gasteiger partial charge in [0.05, 0.1) is 17.9 Å². The van der Waals surface area contributed by atoms with E-state index in [1.54, 1.807) is 17.0 Å². The molecule has 0 bridgehead atoms. The zero-order valence-electron chi connectivity index (χ0n) is 18.0. The molecule has 0 atom stereocenters. The highest BCUT2D eigenvalue weighted by molar-refractivity contribution is 7.22. The zero-order valence-corrected chi connectivity index (χ0v) is 18.9. The molecule has 0 spiro atoms. The number of thiazole rings is 1. The third-order valence-corrected chi connectivity index (χ3v) is 6.67. The lowest BCUT2D eigenvalue weighted by Gasteiger charge is -2.27. The summed E-state index contributed by atoms with van der Waals surface area (Å²) in [6.45, 7) is 4.80. The molecule has 2 aliphatic rings. The van der Waals surface area contributed by atoms with Crippen molar-refractivity contribution in [2.45, 2.75) is 6.42 Å². The van der Waals surface area contributed by atoms with E-state index in [-0.39, 0.29) is 18.5 Å². The molecule has 7 nitrogen and oxygen atoms in total. The van der Waals surface area contributed by atoms with Crippen molar-refractivity contribution < 1.29 is 23.4 Å². The van der Waals surface area contributed by atoms with Gasteiger partial charge in [-0.1, -0.05) is 23.5 Å². The fourth-order valence-electron chi connectivity index (χ4n) is 3.87. The number of fused-ring (bicyclic) bond motifs is 2. The van der Waals surface area contributed by atoms with Gasteiger partial charge in [-0.3, -0.25) is 14.6 Å². The van der Waals surface area contributed by atoms with E-state index < -0.39 is 0 Å². The Morgan fingerprint density at radius 3 is 2.88 bits per heavy atom. The second kappa shape index (κ2) is 9.86. The topological polar surface area (TPSA) is 64.1 Å². The van der Waals surface area contributed by atoms with E-state index in [1.165, 1.54) is 23.5 Å². The monoisotopic (exact) mass is 469 g/mol. The first kappa shape index (κ1) is 21.8. The third-order valence-electron chi connectivity index (χ3n) is 5.63. The number of para-hydroxylation sites is 1. The second-order valence-corrected chi connectivity index (χ2v) is 8.84. The predicted octanol–water partition coefficient (Wildman–Crippen LogP) is 3.93. The summed E-state index contributed by atoms with van der Waals surface area (Å²) in [6, 6.07) is 10.4. The average Bonchev–Trinajstić information content (AvgIpc) is 3.48. The Balaban J connectivity index is 1.34. The predicted molar refractivity (Wildman–Crippen MR) is 125 cm³/mol. The summed E-state index contributed by atoms with van der Waals surface area (Å²) in [5.41, 5.74) is 1.12. The van der Waals surface area contributed by atoms with Gasteiger partial charge in [0, 0.05) is 32.3 Å². The molecule has 1 saturated heterocycles. The molecular formula is C24H24FN3O4S. The summed E-state index contributed by atoms with van der Waals surface area (Å²) in [7, 11) is 0. The van der Waals surface area contributed by atoms with Gasteiger partial charge in [-0.25, -0.2) is 9.37 Å². The SMILES string of the molecule is O=C(/C=C/c1ccc2c(c1)OCO2)N(CCCN1CCOCC1)c1nc2c(F)cccc2s1. The quantitative estimate of drug-likeness (QED) is 0.489. The number of morpholine rings is 1. The van der Waals surface area contributed by atoms with Crippen molar-refractivity contribution in [2.24, 2.45) is 0 Å². The van der Waals surface area contributed by atoms with E-state index in [1.807, 2.05) is 24.3 Å². The Labute approximate surface area is 195 Å². The molecule has 33 heavy (non-hydrogen) atoms. The summed E-state index contributed by atoms with van der Waals surface area (Å²) in [5.74, 6) is 0.772. The van der Waals surface area contributed by atoms with Crippen LogP contribution in [0.1, 0.15) is 12.0 Å². The summed E-state index contributed by atoms with van der Waals surface area (Å²) in [4.78, 5) is 21.6. The van der Waals surface area contributed by atoms with Gasteiger partial charge in [-0.05, 0) is 42.3 Å². The van der Waals surface area contributed by atoms with Crippen molar-refractivity contribution in [1.29, 1.82) is 0 Å². The maximum absolute atomic E-state index is 14.2. The minimum absolute atomic E-state index is 0.200. The lowest BCUT2D eigenvalue weighted by atomic mass is 10.2. The molecule has 3 heterocycles. The lowest BCUT2D eigenvalue weighted by molar-refractivity contribution is -0.114. The Morgan fingerprint density at radius 1 is 1.18 bits per heavy atom. The van der Waals surface area contributed by atoms with Crippen molar-refractivity contribution in [3.8, 4) is 11.5 Å². The molecule has 1 fully saturated rings. The molecular weight excluding hydrogens is 445 g/mol. The Morgan fingerprint density at radius 2 is 2.03 bits per heavy atom. The highest BCUT2D eigenvalue weighted by Crippen LogP contribution is 2.33. The first-order valence-corrected chi connectivity index (χ1v) is 11.7. The van der Waals surface area contributed by atoms with E-state index >= 15 is 0 Å². The van der Waals surface area contributed by atoms with Gasteiger partial charge < -0.3 is 14.2 Å². The number of benzene rings is 2. The molecule has 9 heteroatoms. The zero-order chi connectivity index (χ0) is 22.6. The van der Waals surface area contributed by atoms with Crippen LogP contribution in [-0.4, -0.2) is 62.0 Å². The van der Waals surface area contributed by atoms with Crippen LogP contribution in [0.15, 0.2) is 42.5 Å². The molecule has 0 aliphatic carbocycles. The molecule has 2 aromatic carbocycles. The number of hydrogen-bond acceptors (Lipinski definition) is 7. The van der Waals surface area contributed by atoms with Crippen LogP contribution < -0.4 is 14.4 Å². The largest absolute Gasteiger partial charge is 0.454 e. The molecule has 5 rings (SSSR count). The van der Waals surface area contributed by atoms with Crippen LogP contribution >= 0.6 is 11.3 Å². The second-order valence-electron chi connectivity index (χ2n) is 7.83. The fourth-order valence-corrected chi connectivity index (χ4v) is 4.88. The van der Waals surface area contributed by atoms with Crippen molar-refractivity contribution in [1.82, 2.24) is 9.88 Å². The van der Waals surface area contributed by atoms with Crippen LogP contribution in [0.3, 0.4) is 0 Å². The summed E-state index contributed by atoms with van der Waals surface area (Å²) < 4.78 is 31.1. The molecule has 2 aliphatic heterocycles. The number of rotatable bonds is 7. The van der Waals surface area contributed by atoms with Crippen LogP contribution in [0, 0.1) is 5.82 Å². The Bertz CT molecular complexity index is 1180. The summed E-state index contributed by atoms with van der Waals surface area (Å²) >= 11 is 1.32. The van der Waals surface area contributed by atoms with Gasteiger partial charge in [-0.15, -0.1) is 0 Å². The highest BCUT2D eigenvalue weighted by atomic mass is 32.1. The molecule has 0 radical (unpaired) electrons. The molecule has 3 aromatic rings. The molecule has 172 valence electrons. The number of nitrogens with zero attached hydrogens (tertiary/aromatic N) is 3. The van der Waals surface area contributed by atoms with E-state index in [4.69, 9.17) is 14.2 Å². The van der Waals surface area contributed by atoms with Crippen molar-refractivity contribution in [3.63, 3.8) is 0 Å². The minimum atomic E-state index is -0.383. The maximum Gasteiger partial charge on any atom is 0.252 e. The van der Waals surface area contributed by atoms with Gasteiger partial charge in [0.15, 0.2) is 16.6 Å². The number of carbonyl (C=O) groups is 1. The first-order chi connectivity index (χ1) is 16.2. The first-order valence-electron chi connectivity index (χ1n) is 10.9. The number of carbonyl (C=O) groups excluding carboxylic acids is 1. The van der Waals surface area contributed by atoms with Crippen LogP contribution in [0.2, 0.25) is 0 Å². The molecule has 0 unspecified atom stereocenters. The summed E-state index contributed by atoms with van der Waals surface area (Å²) in [6.07, 6.45) is 4.05. The highest BCUT2D eigenvalue weighted by Gasteiger charge is 2.20. The number of ether oxygens (including phenoxy) is 3. The molecule has 1 aromatic heterocycles. The Kier molecular flexibility index (Phi) is 6.52. The third kappa shape index (κ3) is 5.00. The van der Waals surface area contributed by atoms with Crippen molar-refractivity contribution in [2.75, 3.05) is 51.1 Å². The van der Waals surface area contributed by atoms with Gasteiger partial charge in [0.2, 0.25) is 6.79 Å². The van der Waals surface area contributed by atoms with Gasteiger partial charge in [0.1, 0.15) is 11.3 Å². The van der Waals surface area contributed by atoms with E-state index in [9.17, 15) is 9.18 Å². The van der Waals surface area contributed by atoms with Gasteiger partial charge in [0.25, 0.3) is 5.91 Å². The number of anilines is 1. The number of halogens is 1. The van der Waals surface area contributed by atoms with Crippen LogP contribution in [-0.2, 0) is 9.53 Å². The van der Waals surface area contributed by atoms with Crippen LogP contribution in [0.5, 0.6) is 11.5 Å². The van der Waals surface area contributed by atoms with Gasteiger partial charge >= 0.3 is 0 Å².